The number of sulfonamides is 1. The van der Waals surface area contributed by atoms with Gasteiger partial charge in [0.2, 0.25) is 19.9 Å². The van der Waals surface area contributed by atoms with Gasteiger partial charge in [-0.2, -0.15) is 13.1 Å². The van der Waals surface area contributed by atoms with Gasteiger partial charge in [-0.1, -0.05) is 0 Å². The fraction of sp³-hybridized carbons (Fsp3) is 0.455. The molecule has 118 valence electrons. The zero-order valence-corrected chi connectivity index (χ0v) is 12.4. The van der Waals surface area contributed by atoms with E-state index in [1.165, 1.54) is 4.31 Å². The number of hydrogen-bond donors (Lipinski definition) is 1. The lowest BCUT2D eigenvalue weighted by atomic mass is 10.3. The normalized spacial score (nSPS) is 21.0. The Bertz CT molecular complexity index is 717. The maximum atomic E-state index is 12.4. The fourth-order valence-corrected chi connectivity index (χ4v) is 4.26. The van der Waals surface area contributed by atoms with Crippen molar-refractivity contribution in [3.63, 3.8) is 0 Å². The minimum absolute atomic E-state index is 0.148. The molecule has 0 unspecified atom stereocenters. The van der Waals surface area contributed by atoms with Crippen molar-refractivity contribution >= 4 is 19.9 Å². The van der Waals surface area contributed by atoms with E-state index in [0.29, 0.717) is 6.42 Å². The van der Waals surface area contributed by atoms with E-state index >= 15 is 0 Å². The molecule has 2 rings (SSSR count). The van der Waals surface area contributed by atoms with E-state index < -0.39 is 30.5 Å². The summed E-state index contributed by atoms with van der Waals surface area (Å²) in [5.74, 6) is -3.54. The van der Waals surface area contributed by atoms with Gasteiger partial charge in [0.15, 0.2) is 0 Å². The van der Waals surface area contributed by atoms with Gasteiger partial charge in [0, 0.05) is 19.1 Å². The topological polar surface area (TPSA) is 97.5 Å². The highest BCUT2D eigenvalue weighted by molar-refractivity contribution is 7.91. The number of sulfone groups is 1. The predicted molar refractivity (Wildman–Crippen MR) is 71.0 cm³/mol. The van der Waals surface area contributed by atoms with E-state index in [4.69, 9.17) is 5.73 Å². The molecule has 1 atom stereocenters. The molecule has 1 aliphatic heterocycles. The largest absolute Gasteiger partial charge is 0.341 e. The van der Waals surface area contributed by atoms with Crippen LogP contribution in [0.5, 0.6) is 0 Å². The molecule has 0 amide bonds. The molecule has 2 N–H and O–H groups in total. The van der Waals surface area contributed by atoms with Crippen LogP contribution in [0.3, 0.4) is 0 Å². The zero-order valence-electron chi connectivity index (χ0n) is 10.8. The third-order valence-corrected chi connectivity index (χ3v) is 6.49. The smallest absolute Gasteiger partial charge is 0.326 e. The van der Waals surface area contributed by atoms with Crippen LogP contribution in [0, 0.1) is 0 Å². The Labute approximate surface area is 121 Å². The van der Waals surface area contributed by atoms with E-state index in [-0.39, 0.29) is 24.0 Å². The number of nitrogens with two attached hydrogens (primary N) is 1. The quantitative estimate of drug-likeness (QED) is 0.856. The van der Waals surface area contributed by atoms with Crippen molar-refractivity contribution in [2.75, 3.05) is 13.1 Å². The summed E-state index contributed by atoms with van der Waals surface area (Å²) in [6.07, 6.45) is 0.539. The summed E-state index contributed by atoms with van der Waals surface area (Å²) in [5, 5.41) is 0. The average molecular weight is 340 g/mol. The summed E-state index contributed by atoms with van der Waals surface area (Å²) in [6.45, 7) is 0.458. The van der Waals surface area contributed by atoms with Crippen molar-refractivity contribution in [2.24, 2.45) is 5.73 Å². The lowest BCUT2D eigenvalue weighted by Gasteiger charge is -2.16. The van der Waals surface area contributed by atoms with E-state index in [1.54, 1.807) is 0 Å². The molecule has 1 aliphatic rings. The molecule has 0 saturated carbocycles. The van der Waals surface area contributed by atoms with E-state index in [1.807, 2.05) is 0 Å². The molecule has 1 heterocycles. The highest BCUT2D eigenvalue weighted by atomic mass is 32.2. The number of rotatable bonds is 4. The van der Waals surface area contributed by atoms with Gasteiger partial charge < -0.3 is 5.73 Å². The Morgan fingerprint density at radius 1 is 1.10 bits per heavy atom. The van der Waals surface area contributed by atoms with Gasteiger partial charge in [-0.15, -0.1) is 0 Å². The van der Waals surface area contributed by atoms with Gasteiger partial charge in [0.05, 0.1) is 9.79 Å². The number of hydrogen-bond acceptors (Lipinski definition) is 5. The van der Waals surface area contributed by atoms with Gasteiger partial charge >= 0.3 is 5.76 Å². The van der Waals surface area contributed by atoms with Gasteiger partial charge in [-0.25, -0.2) is 16.8 Å². The third-order valence-electron chi connectivity index (χ3n) is 3.21. The Morgan fingerprint density at radius 2 is 1.62 bits per heavy atom. The number of halogens is 2. The van der Waals surface area contributed by atoms with Crippen LogP contribution in [0.4, 0.5) is 8.78 Å². The first-order chi connectivity index (χ1) is 9.65. The fourth-order valence-electron chi connectivity index (χ4n) is 2.03. The van der Waals surface area contributed by atoms with Crippen molar-refractivity contribution in [3.05, 3.63) is 24.3 Å². The Hall–Kier alpha value is -1.10. The highest BCUT2D eigenvalue weighted by Crippen LogP contribution is 2.24. The molecule has 21 heavy (non-hydrogen) atoms. The Kier molecular flexibility index (Phi) is 4.34. The lowest BCUT2D eigenvalue weighted by Crippen LogP contribution is -2.32. The molecule has 0 radical (unpaired) electrons. The molecule has 0 spiro atoms. The van der Waals surface area contributed by atoms with Crippen molar-refractivity contribution in [2.45, 2.75) is 28.0 Å². The van der Waals surface area contributed by atoms with Crippen molar-refractivity contribution in [3.8, 4) is 0 Å². The van der Waals surface area contributed by atoms with Gasteiger partial charge in [0.1, 0.15) is 0 Å². The minimum atomic E-state index is -4.73. The van der Waals surface area contributed by atoms with Crippen LogP contribution in [0.25, 0.3) is 0 Å². The van der Waals surface area contributed by atoms with Crippen LogP contribution in [-0.2, 0) is 19.9 Å². The maximum Gasteiger partial charge on any atom is 0.341 e. The first-order valence-electron chi connectivity index (χ1n) is 6.03. The second-order valence-electron chi connectivity index (χ2n) is 4.69. The molecule has 1 saturated heterocycles. The molecular formula is C11H14F2N2O4S2. The maximum absolute atomic E-state index is 12.4. The van der Waals surface area contributed by atoms with Crippen molar-refractivity contribution < 1.29 is 25.6 Å². The monoisotopic (exact) mass is 340 g/mol. The molecule has 10 heteroatoms. The summed E-state index contributed by atoms with van der Waals surface area (Å²) in [6, 6.07) is 3.51. The van der Waals surface area contributed by atoms with E-state index in [0.717, 1.165) is 24.3 Å². The molecule has 0 aromatic heterocycles. The SMILES string of the molecule is N[C@@H]1CCN(S(=O)(=O)c2ccc(S(=O)(=O)C(F)F)cc2)C1. The summed E-state index contributed by atoms with van der Waals surface area (Å²) in [5.41, 5.74) is 5.65. The van der Waals surface area contributed by atoms with Crippen molar-refractivity contribution in [1.29, 1.82) is 0 Å². The van der Waals surface area contributed by atoms with Gasteiger partial charge in [-0.05, 0) is 30.7 Å². The summed E-state index contributed by atoms with van der Waals surface area (Å²) >= 11 is 0. The second kappa shape index (κ2) is 5.59. The molecular weight excluding hydrogens is 326 g/mol. The van der Waals surface area contributed by atoms with Crippen molar-refractivity contribution in [1.82, 2.24) is 4.31 Å². The Balaban J connectivity index is 2.31. The van der Waals surface area contributed by atoms with Gasteiger partial charge in [-0.3, -0.25) is 0 Å². The molecule has 1 aromatic carbocycles. The number of alkyl halides is 2. The average Bonchev–Trinajstić information content (AvgIpc) is 2.86. The standard InChI is InChI=1S/C11H14F2N2O4S2/c12-11(13)20(16,17)9-1-3-10(4-2-9)21(18,19)15-6-5-8(14)7-15/h1-4,8,11H,5-7,14H2/t8-/m1/s1. The molecule has 1 aromatic rings. The third kappa shape index (κ3) is 3.07. The molecule has 0 bridgehead atoms. The second-order valence-corrected chi connectivity index (χ2v) is 8.54. The van der Waals surface area contributed by atoms with E-state index in [2.05, 4.69) is 0 Å². The predicted octanol–water partition coefficient (Wildman–Crippen LogP) is 0.405. The summed E-state index contributed by atoms with van der Waals surface area (Å²) in [7, 11) is -8.51. The zero-order chi connectivity index (χ0) is 15.8. The van der Waals surface area contributed by atoms with Crippen LogP contribution in [-0.4, -0.2) is 46.0 Å². The van der Waals surface area contributed by atoms with Crippen LogP contribution >= 0.6 is 0 Å². The van der Waals surface area contributed by atoms with Crippen LogP contribution in [0.15, 0.2) is 34.1 Å². The summed E-state index contributed by atoms with van der Waals surface area (Å²) in [4.78, 5) is -0.764. The van der Waals surface area contributed by atoms with Gasteiger partial charge in [0.25, 0.3) is 0 Å². The molecule has 6 nitrogen and oxygen atoms in total. The number of benzene rings is 1. The highest BCUT2D eigenvalue weighted by Gasteiger charge is 2.32. The molecule has 0 aliphatic carbocycles. The van der Waals surface area contributed by atoms with E-state index in [9.17, 15) is 25.6 Å². The first kappa shape index (κ1) is 16.3. The Morgan fingerprint density at radius 3 is 2.05 bits per heavy atom. The lowest BCUT2D eigenvalue weighted by molar-refractivity contribution is 0.234. The molecule has 1 fully saturated rings. The number of nitrogens with zero attached hydrogens (tertiary/aromatic N) is 1. The first-order valence-corrected chi connectivity index (χ1v) is 9.02. The van der Waals surface area contributed by atoms with Crippen LogP contribution in [0.1, 0.15) is 6.42 Å². The van der Waals surface area contributed by atoms with Crippen LogP contribution in [0.2, 0.25) is 0 Å². The summed E-state index contributed by atoms with van der Waals surface area (Å²) < 4.78 is 73.0. The minimum Gasteiger partial charge on any atom is -0.326 e. The van der Waals surface area contributed by atoms with Crippen LogP contribution < -0.4 is 5.73 Å².